The Balaban J connectivity index is 2.64. The normalized spacial score (nSPS) is 10.8. The maximum absolute atomic E-state index is 13.4. The summed E-state index contributed by atoms with van der Waals surface area (Å²) in [6.45, 7) is 0.754. The van der Waals surface area contributed by atoms with E-state index >= 15 is 0 Å². The van der Waals surface area contributed by atoms with Gasteiger partial charge in [0.1, 0.15) is 0 Å². The number of halogens is 3. The highest BCUT2D eigenvalue weighted by molar-refractivity contribution is 5.77. The van der Waals surface area contributed by atoms with E-state index in [4.69, 9.17) is 5.73 Å². The molecule has 0 aliphatic carbocycles. The zero-order valence-corrected chi connectivity index (χ0v) is 11.8. The van der Waals surface area contributed by atoms with Crippen molar-refractivity contribution in [3.05, 3.63) is 17.9 Å². The van der Waals surface area contributed by atoms with E-state index in [1.54, 1.807) is 0 Å². The van der Waals surface area contributed by atoms with E-state index in [1.807, 2.05) is 13.8 Å². The first-order chi connectivity index (χ1) is 9.79. The zero-order chi connectivity index (χ0) is 16.0. The number of carbonyl (C=O) groups excluding carboxylic acids is 1. The van der Waals surface area contributed by atoms with Gasteiger partial charge in [0.25, 0.3) is 0 Å². The minimum Gasteiger partial charge on any atom is -0.432 e. The first-order valence-corrected chi connectivity index (χ1v) is 6.36. The Hall–Kier alpha value is -2.12. The molecule has 5 nitrogen and oxygen atoms in total. The third-order valence-electron chi connectivity index (χ3n) is 2.44. The number of amides is 1. The SMILES string of the molecule is CC(C)NC(=O)CCNc1cc(OC(F)F)c(F)cc1N. The van der Waals surface area contributed by atoms with Crippen molar-refractivity contribution < 1.29 is 22.7 Å². The number of anilines is 2. The van der Waals surface area contributed by atoms with Crippen LogP contribution in [0.4, 0.5) is 24.5 Å². The van der Waals surface area contributed by atoms with Crippen LogP contribution in [0.1, 0.15) is 20.3 Å². The van der Waals surface area contributed by atoms with E-state index < -0.39 is 18.2 Å². The topological polar surface area (TPSA) is 76.4 Å². The summed E-state index contributed by atoms with van der Waals surface area (Å²) in [5.41, 5.74) is 5.84. The van der Waals surface area contributed by atoms with E-state index in [1.165, 1.54) is 0 Å². The molecular weight excluding hydrogens is 287 g/mol. The van der Waals surface area contributed by atoms with Gasteiger partial charge in [-0.25, -0.2) is 4.39 Å². The zero-order valence-electron chi connectivity index (χ0n) is 11.8. The van der Waals surface area contributed by atoms with Crippen LogP contribution in [0.3, 0.4) is 0 Å². The number of nitrogens with one attached hydrogen (secondary N) is 2. The van der Waals surface area contributed by atoms with E-state index in [9.17, 15) is 18.0 Å². The first kappa shape index (κ1) is 16.9. The van der Waals surface area contributed by atoms with E-state index in [0.29, 0.717) is 0 Å². The van der Waals surface area contributed by atoms with E-state index in [0.717, 1.165) is 12.1 Å². The second-order valence-corrected chi connectivity index (χ2v) is 4.65. The van der Waals surface area contributed by atoms with Gasteiger partial charge < -0.3 is 21.1 Å². The van der Waals surface area contributed by atoms with Gasteiger partial charge in [-0.15, -0.1) is 0 Å². The molecule has 0 bridgehead atoms. The Morgan fingerprint density at radius 3 is 2.62 bits per heavy atom. The molecule has 0 heterocycles. The number of hydrogen-bond acceptors (Lipinski definition) is 4. The molecule has 0 fully saturated rings. The fourth-order valence-electron chi connectivity index (χ4n) is 1.61. The highest BCUT2D eigenvalue weighted by Gasteiger charge is 2.13. The highest BCUT2D eigenvalue weighted by Crippen LogP contribution is 2.29. The lowest BCUT2D eigenvalue weighted by molar-refractivity contribution is -0.121. The van der Waals surface area contributed by atoms with Crippen molar-refractivity contribution in [3.63, 3.8) is 0 Å². The van der Waals surface area contributed by atoms with Crippen molar-refractivity contribution >= 4 is 17.3 Å². The molecular formula is C13H18F3N3O2. The van der Waals surface area contributed by atoms with Gasteiger partial charge in [-0.05, 0) is 13.8 Å². The fraction of sp³-hybridized carbons (Fsp3) is 0.462. The maximum atomic E-state index is 13.4. The van der Waals surface area contributed by atoms with Crippen LogP contribution < -0.4 is 21.1 Å². The first-order valence-electron chi connectivity index (χ1n) is 6.36. The number of rotatable bonds is 7. The molecule has 0 saturated carbocycles. The minimum atomic E-state index is -3.13. The molecule has 0 radical (unpaired) electrons. The molecule has 0 saturated heterocycles. The second-order valence-electron chi connectivity index (χ2n) is 4.65. The van der Waals surface area contributed by atoms with Crippen LogP contribution in [0.25, 0.3) is 0 Å². The molecule has 21 heavy (non-hydrogen) atoms. The van der Waals surface area contributed by atoms with E-state index in [-0.39, 0.29) is 36.3 Å². The third kappa shape index (κ3) is 5.80. The van der Waals surface area contributed by atoms with E-state index in [2.05, 4.69) is 15.4 Å². The maximum Gasteiger partial charge on any atom is 0.387 e. The Labute approximate surface area is 120 Å². The lowest BCUT2D eigenvalue weighted by atomic mass is 10.2. The van der Waals surface area contributed by atoms with Crippen LogP contribution in [0.2, 0.25) is 0 Å². The average Bonchev–Trinajstić information content (AvgIpc) is 2.33. The third-order valence-corrected chi connectivity index (χ3v) is 2.44. The van der Waals surface area contributed by atoms with Crippen LogP contribution in [-0.2, 0) is 4.79 Å². The number of nitrogen functional groups attached to an aromatic ring is 1. The highest BCUT2D eigenvalue weighted by atomic mass is 19.3. The van der Waals surface area contributed by atoms with Crippen LogP contribution in [0.15, 0.2) is 12.1 Å². The predicted molar refractivity (Wildman–Crippen MR) is 73.8 cm³/mol. The van der Waals surface area contributed by atoms with Gasteiger partial charge in [-0.2, -0.15) is 8.78 Å². The van der Waals surface area contributed by atoms with Crippen molar-refractivity contribution in [1.82, 2.24) is 5.32 Å². The largest absolute Gasteiger partial charge is 0.432 e. The molecule has 1 aromatic rings. The van der Waals surface area contributed by atoms with Crippen LogP contribution in [0, 0.1) is 5.82 Å². The van der Waals surface area contributed by atoms with Gasteiger partial charge in [0.15, 0.2) is 11.6 Å². The minimum absolute atomic E-state index is 0.0273. The fourth-order valence-corrected chi connectivity index (χ4v) is 1.61. The van der Waals surface area contributed by atoms with Crippen molar-refractivity contribution in [2.45, 2.75) is 32.9 Å². The summed E-state index contributed by atoms with van der Waals surface area (Å²) in [6.07, 6.45) is 0.167. The number of ether oxygens (including phenoxy) is 1. The summed E-state index contributed by atoms with van der Waals surface area (Å²) < 4.78 is 41.6. The molecule has 4 N–H and O–H groups in total. The summed E-state index contributed by atoms with van der Waals surface area (Å²) in [6, 6.07) is 1.95. The molecule has 1 rings (SSSR count). The molecule has 1 aromatic carbocycles. The van der Waals surface area contributed by atoms with Gasteiger partial charge in [-0.1, -0.05) is 0 Å². The van der Waals surface area contributed by atoms with Crippen molar-refractivity contribution in [1.29, 1.82) is 0 Å². The summed E-state index contributed by atoms with van der Waals surface area (Å²) in [7, 11) is 0. The molecule has 0 aliphatic heterocycles. The second kappa shape index (κ2) is 7.61. The van der Waals surface area contributed by atoms with Gasteiger partial charge in [0.2, 0.25) is 5.91 Å². The van der Waals surface area contributed by atoms with Gasteiger partial charge in [-0.3, -0.25) is 4.79 Å². The van der Waals surface area contributed by atoms with Crippen molar-refractivity contribution in [2.75, 3.05) is 17.6 Å². The molecule has 0 atom stereocenters. The lowest BCUT2D eigenvalue weighted by Gasteiger charge is -2.13. The van der Waals surface area contributed by atoms with Crippen LogP contribution in [-0.4, -0.2) is 25.1 Å². The number of hydrogen-bond donors (Lipinski definition) is 3. The lowest BCUT2D eigenvalue weighted by Crippen LogP contribution is -2.31. The summed E-state index contributed by atoms with van der Waals surface area (Å²) in [5, 5.41) is 5.48. The number of carbonyl (C=O) groups is 1. The predicted octanol–water partition coefficient (Wildman–Crippen LogP) is 2.34. The Morgan fingerprint density at radius 2 is 2.05 bits per heavy atom. The van der Waals surface area contributed by atoms with Gasteiger partial charge in [0, 0.05) is 31.1 Å². The molecule has 0 unspecified atom stereocenters. The Morgan fingerprint density at radius 1 is 1.38 bits per heavy atom. The number of benzene rings is 1. The van der Waals surface area contributed by atoms with Crippen LogP contribution >= 0.6 is 0 Å². The smallest absolute Gasteiger partial charge is 0.387 e. The summed E-state index contributed by atoms with van der Waals surface area (Å²) in [4.78, 5) is 11.4. The van der Waals surface area contributed by atoms with Gasteiger partial charge >= 0.3 is 6.61 Å². The Kier molecular flexibility index (Phi) is 6.13. The van der Waals surface area contributed by atoms with Crippen LogP contribution in [0.5, 0.6) is 5.75 Å². The quantitative estimate of drug-likeness (QED) is 0.676. The molecule has 118 valence electrons. The summed E-state index contributed by atoms with van der Waals surface area (Å²) in [5.74, 6) is -1.74. The average molecular weight is 305 g/mol. The molecule has 0 aliphatic rings. The van der Waals surface area contributed by atoms with Crippen molar-refractivity contribution in [3.8, 4) is 5.75 Å². The monoisotopic (exact) mass is 305 g/mol. The summed E-state index contributed by atoms with van der Waals surface area (Å²) >= 11 is 0. The van der Waals surface area contributed by atoms with Crippen molar-refractivity contribution in [2.24, 2.45) is 0 Å². The molecule has 1 amide bonds. The standard InChI is InChI=1S/C13H18F3N3O2/c1-7(2)19-12(20)3-4-18-10-6-11(21-13(15)16)8(14)5-9(10)17/h5-7,13,18H,3-4,17H2,1-2H3,(H,19,20). The number of nitrogens with two attached hydrogens (primary N) is 1. The molecule has 0 aromatic heterocycles. The Bertz CT molecular complexity index is 496. The molecule has 8 heteroatoms. The molecule has 0 spiro atoms. The number of alkyl halides is 2. The van der Waals surface area contributed by atoms with Gasteiger partial charge in [0.05, 0.1) is 11.4 Å².